The lowest BCUT2D eigenvalue weighted by molar-refractivity contribution is -0.385. The molecule has 10 heteroatoms. The van der Waals surface area contributed by atoms with Crippen molar-refractivity contribution in [3.05, 3.63) is 79.5 Å². The molecular weight excluding hydrogens is 364 g/mol. The summed E-state index contributed by atoms with van der Waals surface area (Å²) in [4.78, 5) is 31.9. The van der Waals surface area contributed by atoms with Crippen LogP contribution in [0.5, 0.6) is 0 Å². The Hall–Kier alpha value is -3.59. The molecule has 26 heavy (non-hydrogen) atoms. The number of non-ortho nitro benzene ring substituents is 2. The molecule has 1 heterocycles. The fourth-order valence-corrected chi connectivity index (χ4v) is 2.62. The van der Waals surface area contributed by atoms with E-state index in [1.807, 2.05) is 0 Å². The molecule has 3 rings (SSSR count). The third-order valence-electron chi connectivity index (χ3n) is 3.64. The Morgan fingerprint density at radius 2 is 1.42 bits per heavy atom. The third-order valence-corrected chi connectivity index (χ3v) is 4.00. The van der Waals surface area contributed by atoms with Gasteiger partial charge in [0.05, 0.1) is 21.1 Å². The van der Waals surface area contributed by atoms with Crippen LogP contribution in [0.15, 0.2) is 48.5 Å². The second-order valence-electron chi connectivity index (χ2n) is 5.16. The number of carbonyl (C=O) groups is 1. The lowest BCUT2D eigenvalue weighted by atomic mass is 10.1. The minimum atomic E-state index is -0.535. The highest BCUT2D eigenvalue weighted by Gasteiger charge is 2.19. The summed E-state index contributed by atoms with van der Waals surface area (Å²) < 4.78 is 1.27. The smallest absolute Gasteiger partial charge is 0.269 e. The van der Waals surface area contributed by atoms with Crippen molar-refractivity contribution >= 4 is 29.3 Å². The predicted molar refractivity (Wildman–Crippen MR) is 92.7 cm³/mol. The molecule has 3 aromatic rings. The maximum atomic E-state index is 11.4. The van der Waals surface area contributed by atoms with Gasteiger partial charge in [0.1, 0.15) is 10.8 Å². The van der Waals surface area contributed by atoms with Gasteiger partial charge in [0.15, 0.2) is 6.29 Å². The maximum absolute atomic E-state index is 11.4. The zero-order valence-electron chi connectivity index (χ0n) is 12.9. The molecule has 1 aromatic heterocycles. The van der Waals surface area contributed by atoms with Crippen LogP contribution in [0.4, 0.5) is 11.4 Å². The molecule has 0 unspecified atom stereocenters. The molecule has 0 aliphatic carbocycles. The molecule has 0 aliphatic heterocycles. The molecule has 0 N–H and O–H groups in total. The number of aromatic nitrogens is 2. The first kappa shape index (κ1) is 17.2. The van der Waals surface area contributed by atoms with Crippen LogP contribution in [0.3, 0.4) is 0 Å². The van der Waals surface area contributed by atoms with Gasteiger partial charge >= 0.3 is 0 Å². The summed E-state index contributed by atoms with van der Waals surface area (Å²) in [5, 5.41) is 25.8. The third kappa shape index (κ3) is 3.03. The first-order valence-corrected chi connectivity index (χ1v) is 7.53. The van der Waals surface area contributed by atoms with E-state index in [1.54, 1.807) is 0 Å². The van der Waals surface area contributed by atoms with Crippen molar-refractivity contribution in [2.45, 2.75) is 0 Å². The molecule has 130 valence electrons. The van der Waals surface area contributed by atoms with Crippen molar-refractivity contribution in [3.8, 4) is 16.9 Å². The second-order valence-corrected chi connectivity index (χ2v) is 5.52. The standard InChI is InChI=1S/C16H9ClN4O5/c17-16-14(9-22)15(10-1-3-12(4-2-10)20(23)24)18-19(16)11-5-7-13(8-6-11)21(25)26/h1-9H. The number of aldehydes is 1. The average molecular weight is 373 g/mol. The van der Waals surface area contributed by atoms with E-state index in [2.05, 4.69) is 5.10 Å². The van der Waals surface area contributed by atoms with Crippen LogP contribution < -0.4 is 0 Å². The highest BCUT2D eigenvalue weighted by Crippen LogP contribution is 2.31. The van der Waals surface area contributed by atoms with Crippen LogP contribution in [0.2, 0.25) is 5.15 Å². The zero-order valence-corrected chi connectivity index (χ0v) is 13.7. The molecule has 0 saturated carbocycles. The fourth-order valence-electron chi connectivity index (χ4n) is 2.35. The van der Waals surface area contributed by atoms with Gasteiger partial charge in [-0.3, -0.25) is 25.0 Å². The van der Waals surface area contributed by atoms with Crippen molar-refractivity contribution in [2.75, 3.05) is 0 Å². The summed E-state index contributed by atoms with van der Waals surface area (Å²) in [6.07, 6.45) is 0.536. The molecule has 0 atom stereocenters. The van der Waals surface area contributed by atoms with Crippen LogP contribution in [0, 0.1) is 20.2 Å². The molecule has 0 aliphatic rings. The van der Waals surface area contributed by atoms with Crippen molar-refractivity contribution in [1.29, 1.82) is 0 Å². The number of carbonyl (C=O) groups excluding carboxylic acids is 1. The van der Waals surface area contributed by atoms with Crippen LogP contribution in [-0.2, 0) is 0 Å². The summed E-state index contributed by atoms with van der Waals surface area (Å²) in [5.41, 5.74) is 1.07. The second kappa shape index (κ2) is 6.73. The Morgan fingerprint density at radius 3 is 1.88 bits per heavy atom. The number of halogens is 1. The number of nitrogens with zero attached hydrogens (tertiary/aromatic N) is 4. The number of hydrogen-bond donors (Lipinski definition) is 0. The molecule has 0 spiro atoms. The lowest BCUT2D eigenvalue weighted by Crippen LogP contribution is -1.97. The van der Waals surface area contributed by atoms with Gasteiger partial charge in [-0.1, -0.05) is 11.6 Å². The number of rotatable bonds is 5. The summed E-state index contributed by atoms with van der Waals surface area (Å²) in [6.45, 7) is 0. The first-order valence-electron chi connectivity index (χ1n) is 7.15. The zero-order chi connectivity index (χ0) is 18.8. The van der Waals surface area contributed by atoms with E-state index >= 15 is 0 Å². The maximum Gasteiger partial charge on any atom is 0.269 e. The molecule has 0 amide bonds. The van der Waals surface area contributed by atoms with Gasteiger partial charge in [0, 0.05) is 29.8 Å². The van der Waals surface area contributed by atoms with Crippen molar-refractivity contribution in [2.24, 2.45) is 0 Å². The molecule has 0 saturated heterocycles. The van der Waals surface area contributed by atoms with Gasteiger partial charge in [-0.2, -0.15) is 5.10 Å². The van der Waals surface area contributed by atoms with Crippen LogP contribution in [-0.4, -0.2) is 25.9 Å². The van der Waals surface area contributed by atoms with Crippen molar-refractivity contribution < 1.29 is 14.6 Å². The van der Waals surface area contributed by atoms with Crippen LogP contribution >= 0.6 is 11.6 Å². The Balaban J connectivity index is 2.08. The lowest BCUT2D eigenvalue weighted by Gasteiger charge is -2.02. The molecule has 0 bridgehead atoms. The van der Waals surface area contributed by atoms with Crippen molar-refractivity contribution in [1.82, 2.24) is 9.78 Å². The summed E-state index contributed by atoms with van der Waals surface area (Å²) in [5.74, 6) is 0. The Kier molecular flexibility index (Phi) is 4.46. The summed E-state index contributed by atoms with van der Waals surface area (Å²) >= 11 is 6.23. The summed E-state index contributed by atoms with van der Waals surface area (Å²) in [7, 11) is 0. The quantitative estimate of drug-likeness (QED) is 0.381. The Morgan fingerprint density at radius 1 is 0.923 bits per heavy atom. The largest absolute Gasteiger partial charge is 0.298 e. The molecular formula is C16H9ClN4O5. The fraction of sp³-hybridized carbons (Fsp3) is 0. The topological polar surface area (TPSA) is 121 Å². The van der Waals surface area contributed by atoms with Crippen LogP contribution in [0.25, 0.3) is 16.9 Å². The summed E-state index contributed by atoms with van der Waals surface area (Å²) in [6, 6.07) is 11.0. The molecule has 9 nitrogen and oxygen atoms in total. The Bertz CT molecular complexity index is 1010. The van der Waals surface area contributed by atoms with Gasteiger partial charge in [-0.15, -0.1) is 0 Å². The normalized spacial score (nSPS) is 10.5. The van der Waals surface area contributed by atoms with Gasteiger partial charge in [0.2, 0.25) is 0 Å². The van der Waals surface area contributed by atoms with E-state index in [0.29, 0.717) is 17.5 Å². The number of hydrogen-bond acceptors (Lipinski definition) is 6. The number of nitro benzene ring substituents is 2. The monoisotopic (exact) mass is 372 g/mol. The minimum Gasteiger partial charge on any atom is -0.298 e. The predicted octanol–water partition coefficient (Wildman–Crippen LogP) is 3.82. The van der Waals surface area contributed by atoms with Gasteiger partial charge in [-0.05, 0) is 24.3 Å². The van der Waals surface area contributed by atoms with Crippen molar-refractivity contribution in [3.63, 3.8) is 0 Å². The molecule has 0 radical (unpaired) electrons. The average Bonchev–Trinajstić information content (AvgIpc) is 2.98. The minimum absolute atomic E-state index is 0.0298. The highest BCUT2D eigenvalue weighted by molar-refractivity contribution is 6.32. The van der Waals surface area contributed by atoms with E-state index in [1.165, 1.54) is 53.2 Å². The number of benzene rings is 2. The van der Waals surface area contributed by atoms with E-state index < -0.39 is 9.85 Å². The Labute approximate surface area is 150 Å². The SMILES string of the molecule is O=Cc1c(-c2ccc([N+](=O)[O-])cc2)nn(-c2ccc([N+](=O)[O-])cc2)c1Cl. The first-order chi connectivity index (χ1) is 12.4. The van der Waals surface area contributed by atoms with E-state index in [4.69, 9.17) is 11.6 Å². The highest BCUT2D eigenvalue weighted by atomic mass is 35.5. The molecule has 0 fully saturated rings. The van der Waals surface area contributed by atoms with E-state index in [-0.39, 0.29) is 27.8 Å². The van der Waals surface area contributed by atoms with Crippen LogP contribution in [0.1, 0.15) is 10.4 Å². The van der Waals surface area contributed by atoms with Gasteiger partial charge in [-0.25, -0.2) is 4.68 Å². The van der Waals surface area contributed by atoms with E-state index in [0.717, 1.165) is 0 Å². The molecule has 2 aromatic carbocycles. The van der Waals surface area contributed by atoms with Gasteiger partial charge < -0.3 is 0 Å². The van der Waals surface area contributed by atoms with Gasteiger partial charge in [0.25, 0.3) is 11.4 Å². The van der Waals surface area contributed by atoms with E-state index in [9.17, 15) is 25.0 Å². The number of nitro groups is 2.